The standard InChI is InChI=1S/C8H9N3O4/c1-6(8(12)13)2-3-10-4-7(9-5-10)11(14)15/h2,4-5H,3H2,1H3,(H,12,13). The first-order valence-corrected chi connectivity index (χ1v) is 4.07. The summed E-state index contributed by atoms with van der Waals surface area (Å²) in [5.74, 6) is -1.26. The van der Waals surface area contributed by atoms with Crippen LogP contribution in [0.4, 0.5) is 5.82 Å². The largest absolute Gasteiger partial charge is 0.478 e. The third-order valence-corrected chi connectivity index (χ3v) is 1.75. The third kappa shape index (κ3) is 2.90. The fourth-order valence-electron chi connectivity index (χ4n) is 0.872. The number of imidazole rings is 1. The van der Waals surface area contributed by atoms with Gasteiger partial charge in [0.2, 0.25) is 6.33 Å². The Bertz CT molecular complexity index is 421. The summed E-state index contributed by atoms with van der Waals surface area (Å²) in [7, 11) is 0. The average Bonchev–Trinajstić information content (AvgIpc) is 2.62. The van der Waals surface area contributed by atoms with Crippen LogP contribution in [0.15, 0.2) is 24.2 Å². The number of hydrogen-bond acceptors (Lipinski definition) is 4. The van der Waals surface area contributed by atoms with Crippen LogP contribution in [0, 0.1) is 10.1 Å². The summed E-state index contributed by atoms with van der Waals surface area (Å²) in [5.41, 5.74) is 0.186. The normalized spacial score (nSPS) is 11.4. The minimum absolute atomic E-state index is 0.186. The van der Waals surface area contributed by atoms with Gasteiger partial charge in [0, 0.05) is 12.1 Å². The summed E-state index contributed by atoms with van der Waals surface area (Å²) in [6, 6.07) is 0. The molecule has 0 saturated heterocycles. The van der Waals surface area contributed by atoms with Crippen LogP contribution in [0.1, 0.15) is 6.92 Å². The van der Waals surface area contributed by atoms with Gasteiger partial charge < -0.3 is 19.8 Å². The Kier molecular flexibility index (Phi) is 3.17. The van der Waals surface area contributed by atoms with E-state index in [9.17, 15) is 14.9 Å². The van der Waals surface area contributed by atoms with Gasteiger partial charge >= 0.3 is 11.8 Å². The molecule has 1 aromatic heterocycles. The summed E-state index contributed by atoms with van der Waals surface area (Å²) in [6.45, 7) is 1.70. The van der Waals surface area contributed by atoms with Crippen molar-refractivity contribution in [1.82, 2.24) is 9.55 Å². The van der Waals surface area contributed by atoms with Crippen molar-refractivity contribution in [1.29, 1.82) is 0 Å². The van der Waals surface area contributed by atoms with Crippen LogP contribution in [0.3, 0.4) is 0 Å². The third-order valence-electron chi connectivity index (χ3n) is 1.75. The lowest BCUT2D eigenvalue weighted by Crippen LogP contribution is -1.99. The Balaban J connectivity index is 2.70. The zero-order valence-electron chi connectivity index (χ0n) is 7.95. The van der Waals surface area contributed by atoms with Crippen molar-refractivity contribution in [3.05, 3.63) is 34.3 Å². The zero-order valence-corrected chi connectivity index (χ0v) is 7.95. The maximum Gasteiger partial charge on any atom is 0.381 e. The fourth-order valence-corrected chi connectivity index (χ4v) is 0.872. The Hall–Kier alpha value is -2.18. The number of carboxylic acids is 1. The number of carbonyl (C=O) groups is 1. The van der Waals surface area contributed by atoms with Gasteiger partial charge in [0.1, 0.15) is 6.20 Å². The number of aliphatic carboxylic acids is 1. The molecule has 1 aromatic rings. The highest BCUT2D eigenvalue weighted by atomic mass is 16.6. The molecule has 1 heterocycles. The van der Waals surface area contributed by atoms with Gasteiger partial charge in [-0.05, 0) is 16.8 Å². The molecule has 0 aliphatic carbocycles. The molecule has 0 spiro atoms. The van der Waals surface area contributed by atoms with E-state index in [0.717, 1.165) is 0 Å². The molecular weight excluding hydrogens is 202 g/mol. The first-order valence-electron chi connectivity index (χ1n) is 4.07. The van der Waals surface area contributed by atoms with E-state index in [1.54, 1.807) is 0 Å². The molecule has 15 heavy (non-hydrogen) atoms. The van der Waals surface area contributed by atoms with Crippen LogP contribution in [0.25, 0.3) is 0 Å². The molecule has 0 amide bonds. The second-order valence-corrected chi connectivity index (χ2v) is 2.88. The Morgan fingerprint density at radius 1 is 1.80 bits per heavy atom. The van der Waals surface area contributed by atoms with Crippen LogP contribution >= 0.6 is 0 Å². The number of carboxylic acid groups (broad SMARTS) is 1. The van der Waals surface area contributed by atoms with Gasteiger partial charge in [-0.1, -0.05) is 6.08 Å². The van der Waals surface area contributed by atoms with E-state index in [1.807, 2.05) is 0 Å². The van der Waals surface area contributed by atoms with Gasteiger partial charge in [-0.3, -0.25) is 0 Å². The van der Waals surface area contributed by atoms with Crippen LogP contribution in [0.2, 0.25) is 0 Å². The second-order valence-electron chi connectivity index (χ2n) is 2.88. The minimum atomic E-state index is -1.01. The van der Waals surface area contributed by atoms with Gasteiger partial charge in [0.15, 0.2) is 0 Å². The predicted molar refractivity (Wildman–Crippen MR) is 50.3 cm³/mol. The molecular formula is C8H9N3O4. The zero-order chi connectivity index (χ0) is 11.4. The van der Waals surface area contributed by atoms with Crippen molar-refractivity contribution in [3.63, 3.8) is 0 Å². The molecule has 0 radical (unpaired) electrons. The minimum Gasteiger partial charge on any atom is -0.478 e. The van der Waals surface area contributed by atoms with E-state index in [-0.39, 0.29) is 17.9 Å². The fraction of sp³-hybridized carbons (Fsp3) is 0.250. The van der Waals surface area contributed by atoms with E-state index >= 15 is 0 Å². The summed E-state index contributed by atoms with van der Waals surface area (Å²) in [5, 5.41) is 18.8. The maximum absolute atomic E-state index is 10.4. The van der Waals surface area contributed by atoms with E-state index in [2.05, 4.69) is 4.98 Å². The molecule has 7 heteroatoms. The molecule has 0 aliphatic heterocycles. The van der Waals surface area contributed by atoms with Gasteiger partial charge in [-0.15, -0.1) is 0 Å². The van der Waals surface area contributed by atoms with Crippen molar-refractivity contribution >= 4 is 11.8 Å². The number of nitro groups is 1. The highest BCUT2D eigenvalue weighted by Gasteiger charge is 2.08. The molecule has 1 N–H and O–H groups in total. The van der Waals surface area contributed by atoms with Crippen molar-refractivity contribution in [2.75, 3.05) is 0 Å². The number of rotatable bonds is 4. The highest BCUT2D eigenvalue weighted by molar-refractivity contribution is 5.85. The van der Waals surface area contributed by atoms with Crippen LogP contribution in [-0.4, -0.2) is 25.6 Å². The lowest BCUT2D eigenvalue weighted by Gasteiger charge is -1.94. The average molecular weight is 211 g/mol. The molecule has 0 bridgehead atoms. The highest BCUT2D eigenvalue weighted by Crippen LogP contribution is 2.06. The Morgan fingerprint density at radius 3 is 2.93 bits per heavy atom. The van der Waals surface area contributed by atoms with Crippen molar-refractivity contribution in [2.45, 2.75) is 13.5 Å². The lowest BCUT2D eigenvalue weighted by molar-refractivity contribution is -0.389. The van der Waals surface area contributed by atoms with Crippen molar-refractivity contribution in [3.8, 4) is 0 Å². The molecule has 0 atom stereocenters. The SMILES string of the molecule is CC(=CCn1cnc([N+](=O)[O-])c1)C(=O)O. The van der Waals surface area contributed by atoms with E-state index in [1.165, 1.54) is 30.1 Å². The number of aromatic nitrogens is 2. The predicted octanol–water partition coefficient (Wildman–Crippen LogP) is 0.822. The summed E-state index contributed by atoms with van der Waals surface area (Å²) in [6.07, 6.45) is 3.98. The summed E-state index contributed by atoms with van der Waals surface area (Å²) >= 11 is 0. The maximum atomic E-state index is 10.4. The van der Waals surface area contributed by atoms with E-state index in [0.29, 0.717) is 0 Å². The van der Waals surface area contributed by atoms with Gasteiger partial charge in [0.05, 0.1) is 0 Å². The second kappa shape index (κ2) is 4.36. The molecule has 0 aliphatic rings. The first-order chi connectivity index (χ1) is 7.00. The molecule has 0 unspecified atom stereocenters. The van der Waals surface area contributed by atoms with Gasteiger partial charge in [-0.25, -0.2) is 4.79 Å². The van der Waals surface area contributed by atoms with Crippen LogP contribution < -0.4 is 0 Å². The Morgan fingerprint density at radius 2 is 2.47 bits per heavy atom. The molecule has 7 nitrogen and oxygen atoms in total. The number of hydrogen-bond donors (Lipinski definition) is 1. The molecule has 1 rings (SSSR count). The first kappa shape index (κ1) is 10.9. The smallest absolute Gasteiger partial charge is 0.381 e. The molecule has 0 fully saturated rings. The number of allylic oxidation sites excluding steroid dienone is 1. The number of nitrogens with zero attached hydrogens (tertiary/aromatic N) is 3. The van der Waals surface area contributed by atoms with Crippen LogP contribution in [0.5, 0.6) is 0 Å². The summed E-state index contributed by atoms with van der Waals surface area (Å²) in [4.78, 5) is 23.6. The molecule has 80 valence electrons. The molecule has 0 aromatic carbocycles. The van der Waals surface area contributed by atoms with Crippen molar-refractivity contribution < 1.29 is 14.8 Å². The Labute approximate surface area is 84.8 Å². The lowest BCUT2D eigenvalue weighted by atomic mass is 10.3. The molecule has 0 saturated carbocycles. The van der Waals surface area contributed by atoms with E-state index in [4.69, 9.17) is 5.11 Å². The monoisotopic (exact) mass is 211 g/mol. The topological polar surface area (TPSA) is 98.3 Å². The van der Waals surface area contributed by atoms with Gasteiger partial charge in [0.25, 0.3) is 0 Å². The summed E-state index contributed by atoms with van der Waals surface area (Å²) < 4.78 is 1.44. The van der Waals surface area contributed by atoms with Gasteiger partial charge in [-0.2, -0.15) is 0 Å². The van der Waals surface area contributed by atoms with E-state index < -0.39 is 10.9 Å². The van der Waals surface area contributed by atoms with Crippen molar-refractivity contribution in [2.24, 2.45) is 0 Å². The quantitative estimate of drug-likeness (QED) is 0.451. The van der Waals surface area contributed by atoms with Crippen LogP contribution in [-0.2, 0) is 11.3 Å².